The molecule has 1 unspecified atom stereocenters. The van der Waals surface area contributed by atoms with Gasteiger partial charge >= 0.3 is 0 Å². The summed E-state index contributed by atoms with van der Waals surface area (Å²) in [5, 5.41) is 9.67. The van der Waals surface area contributed by atoms with E-state index >= 15 is 0 Å². The Balaban J connectivity index is 2.03. The number of aliphatic hydroxyl groups is 1. The second kappa shape index (κ2) is 6.21. The molecule has 1 aliphatic carbocycles. The molecule has 1 aromatic carbocycles. The summed E-state index contributed by atoms with van der Waals surface area (Å²) in [6.07, 6.45) is 6.12. The van der Waals surface area contributed by atoms with Crippen LogP contribution in [-0.2, 0) is 0 Å². The van der Waals surface area contributed by atoms with E-state index in [1.54, 1.807) is 0 Å². The van der Waals surface area contributed by atoms with Crippen molar-refractivity contribution in [1.29, 1.82) is 0 Å². The van der Waals surface area contributed by atoms with Gasteiger partial charge in [-0.15, -0.1) is 0 Å². The molecular weight excluding hydrogens is 224 g/mol. The topological polar surface area (TPSA) is 49.5 Å². The molecule has 1 fully saturated rings. The van der Waals surface area contributed by atoms with Crippen LogP contribution in [0.15, 0.2) is 24.3 Å². The highest BCUT2D eigenvalue weighted by Gasteiger charge is 2.18. The van der Waals surface area contributed by atoms with E-state index in [0.717, 1.165) is 5.56 Å². The summed E-state index contributed by atoms with van der Waals surface area (Å²) in [7, 11) is 2.17. The minimum absolute atomic E-state index is 0.276. The predicted molar refractivity (Wildman–Crippen MR) is 75.7 cm³/mol. The van der Waals surface area contributed by atoms with E-state index in [4.69, 9.17) is 5.73 Å². The first kappa shape index (κ1) is 13.4. The normalized spacial score (nSPS) is 18.6. The fraction of sp³-hybridized carbons (Fsp3) is 0.600. The van der Waals surface area contributed by atoms with Crippen molar-refractivity contribution >= 4 is 5.69 Å². The van der Waals surface area contributed by atoms with Crippen molar-refractivity contribution in [3.8, 4) is 0 Å². The van der Waals surface area contributed by atoms with Gasteiger partial charge < -0.3 is 15.7 Å². The van der Waals surface area contributed by atoms with Gasteiger partial charge in [0.15, 0.2) is 0 Å². The first-order valence-electron chi connectivity index (χ1n) is 6.93. The fourth-order valence-electron chi connectivity index (χ4n) is 2.75. The first-order valence-corrected chi connectivity index (χ1v) is 6.93. The second-order valence-electron chi connectivity index (χ2n) is 5.25. The van der Waals surface area contributed by atoms with Gasteiger partial charge in [-0.2, -0.15) is 0 Å². The molecule has 18 heavy (non-hydrogen) atoms. The number of aliphatic hydroxyl groups excluding tert-OH is 1. The summed E-state index contributed by atoms with van der Waals surface area (Å²) >= 11 is 0. The second-order valence-corrected chi connectivity index (χ2v) is 5.25. The molecule has 0 saturated heterocycles. The first-order chi connectivity index (χ1) is 8.72. The Morgan fingerprint density at radius 1 is 1.22 bits per heavy atom. The van der Waals surface area contributed by atoms with E-state index in [9.17, 15) is 5.11 Å². The highest BCUT2D eigenvalue weighted by Crippen LogP contribution is 2.26. The average molecular weight is 248 g/mol. The number of benzene rings is 1. The van der Waals surface area contributed by atoms with Crippen molar-refractivity contribution in [3.63, 3.8) is 0 Å². The lowest BCUT2D eigenvalue weighted by Gasteiger charge is -2.33. The van der Waals surface area contributed by atoms with Crippen molar-refractivity contribution in [1.82, 2.24) is 0 Å². The van der Waals surface area contributed by atoms with E-state index in [1.165, 1.54) is 37.8 Å². The molecule has 0 heterocycles. The minimum Gasteiger partial charge on any atom is -0.387 e. The minimum atomic E-state index is -0.543. The molecule has 0 radical (unpaired) electrons. The van der Waals surface area contributed by atoms with Gasteiger partial charge in [0, 0.05) is 25.3 Å². The van der Waals surface area contributed by atoms with Gasteiger partial charge in [0.05, 0.1) is 6.10 Å². The molecule has 0 aromatic heterocycles. The maximum absolute atomic E-state index is 9.67. The molecule has 3 nitrogen and oxygen atoms in total. The molecule has 0 amide bonds. The zero-order chi connectivity index (χ0) is 13.0. The summed E-state index contributed by atoms with van der Waals surface area (Å²) in [5.41, 5.74) is 7.59. The smallest absolute Gasteiger partial charge is 0.0912 e. The molecule has 0 spiro atoms. The van der Waals surface area contributed by atoms with Crippen molar-refractivity contribution in [2.24, 2.45) is 5.73 Å². The highest BCUT2D eigenvalue weighted by molar-refractivity contribution is 5.48. The van der Waals surface area contributed by atoms with Crippen LogP contribution in [0.4, 0.5) is 5.69 Å². The van der Waals surface area contributed by atoms with Gasteiger partial charge in [-0.05, 0) is 30.5 Å². The fourth-order valence-corrected chi connectivity index (χ4v) is 2.75. The van der Waals surface area contributed by atoms with Crippen LogP contribution in [0.3, 0.4) is 0 Å². The number of hydrogen-bond donors (Lipinski definition) is 2. The van der Waals surface area contributed by atoms with E-state index < -0.39 is 6.10 Å². The third-order valence-electron chi connectivity index (χ3n) is 4.03. The van der Waals surface area contributed by atoms with Gasteiger partial charge in [0.25, 0.3) is 0 Å². The standard InChI is InChI=1S/C15H24N2O/c1-17(13-5-3-2-4-6-13)14-9-7-12(8-10-14)15(18)11-16/h7-10,13,15,18H,2-6,11,16H2,1H3. The highest BCUT2D eigenvalue weighted by atomic mass is 16.3. The molecule has 1 aromatic rings. The maximum atomic E-state index is 9.67. The number of nitrogens with two attached hydrogens (primary N) is 1. The molecule has 100 valence electrons. The van der Waals surface area contributed by atoms with Gasteiger partial charge in [-0.3, -0.25) is 0 Å². The lowest BCUT2D eigenvalue weighted by atomic mass is 9.94. The molecule has 3 N–H and O–H groups in total. The van der Waals surface area contributed by atoms with Crippen LogP contribution in [-0.4, -0.2) is 24.7 Å². The van der Waals surface area contributed by atoms with Crippen LogP contribution in [0.5, 0.6) is 0 Å². The molecule has 1 atom stereocenters. The van der Waals surface area contributed by atoms with E-state index in [0.29, 0.717) is 6.04 Å². The van der Waals surface area contributed by atoms with Crippen LogP contribution < -0.4 is 10.6 Å². The Kier molecular flexibility index (Phi) is 4.61. The number of anilines is 1. The van der Waals surface area contributed by atoms with E-state index in [1.807, 2.05) is 12.1 Å². The Labute approximate surface area is 110 Å². The van der Waals surface area contributed by atoms with Crippen LogP contribution in [0, 0.1) is 0 Å². The molecular formula is C15H24N2O. The monoisotopic (exact) mass is 248 g/mol. The zero-order valence-electron chi connectivity index (χ0n) is 11.2. The van der Waals surface area contributed by atoms with E-state index in [2.05, 4.69) is 24.1 Å². The Bertz CT molecular complexity index is 357. The Morgan fingerprint density at radius 2 is 1.83 bits per heavy atom. The van der Waals surface area contributed by atoms with Crippen molar-refractivity contribution < 1.29 is 5.11 Å². The van der Waals surface area contributed by atoms with E-state index in [-0.39, 0.29) is 6.54 Å². The van der Waals surface area contributed by atoms with Gasteiger partial charge in [-0.1, -0.05) is 31.4 Å². The summed E-state index contributed by atoms with van der Waals surface area (Å²) < 4.78 is 0. The van der Waals surface area contributed by atoms with Crippen molar-refractivity contribution in [2.75, 3.05) is 18.5 Å². The van der Waals surface area contributed by atoms with Crippen molar-refractivity contribution in [3.05, 3.63) is 29.8 Å². The molecule has 1 aliphatic rings. The summed E-state index contributed by atoms with van der Waals surface area (Å²) in [6, 6.07) is 8.80. The Hall–Kier alpha value is -1.06. The molecule has 0 bridgehead atoms. The SMILES string of the molecule is CN(c1ccc(C(O)CN)cc1)C1CCCCC1. The molecule has 1 saturated carbocycles. The van der Waals surface area contributed by atoms with Gasteiger partial charge in [-0.25, -0.2) is 0 Å². The third-order valence-corrected chi connectivity index (χ3v) is 4.03. The maximum Gasteiger partial charge on any atom is 0.0912 e. The predicted octanol–water partition coefficient (Wildman–Crippen LogP) is 2.45. The lowest BCUT2D eigenvalue weighted by molar-refractivity contribution is 0.187. The Morgan fingerprint density at radius 3 is 2.39 bits per heavy atom. The van der Waals surface area contributed by atoms with Crippen LogP contribution in [0.25, 0.3) is 0 Å². The number of nitrogens with zero attached hydrogens (tertiary/aromatic N) is 1. The van der Waals surface area contributed by atoms with Crippen LogP contribution >= 0.6 is 0 Å². The lowest BCUT2D eigenvalue weighted by Crippen LogP contribution is -2.33. The van der Waals surface area contributed by atoms with Gasteiger partial charge in [0.1, 0.15) is 0 Å². The van der Waals surface area contributed by atoms with Crippen LogP contribution in [0.1, 0.15) is 43.8 Å². The van der Waals surface area contributed by atoms with Gasteiger partial charge in [0.2, 0.25) is 0 Å². The quantitative estimate of drug-likeness (QED) is 0.860. The number of rotatable bonds is 4. The average Bonchev–Trinajstić information content (AvgIpc) is 2.47. The van der Waals surface area contributed by atoms with Crippen LogP contribution in [0.2, 0.25) is 0 Å². The van der Waals surface area contributed by atoms with Crippen molar-refractivity contribution in [2.45, 2.75) is 44.2 Å². The summed E-state index contributed by atoms with van der Waals surface area (Å²) in [6.45, 7) is 0.276. The molecule has 3 heteroatoms. The largest absolute Gasteiger partial charge is 0.387 e. The molecule has 0 aliphatic heterocycles. The zero-order valence-corrected chi connectivity index (χ0v) is 11.2. The summed E-state index contributed by atoms with van der Waals surface area (Å²) in [5.74, 6) is 0. The summed E-state index contributed by atoms with van der Waals surface area (Å²) in [4.78, 5) is 2.37. The molecule has 2 rings (SSSR count). The third kappa shape index (κ3) is 3.03. The number of hydrogen-bond acceptors (Lipinski definition) is 3.